The van der Waals surface area contributed by atoms with Gasteiger partial charge in [-0.1, -0.05) is 19.4 Å². The molecule has 2 atom stereocenters. The van der Waals surface area contributed by atoms with Crippen LogP contribution in [0.4, 0.5) is 5.69 Å². The number of hydrogen-bond donors (Lipinski definition) is 1. The van der Waals surface area contributed by atoms with E-state index in [1.165, 1.54) is 18.5 Å². The first-order valence-corrected chi connectivity index (χ1v) is 6.97. The highest BCUT2D eigenvalue weighted by molar-refractivity contribution is 9.10. The molecule has 1 unspecified atom stereocenters. The lowest BCUT2D eigenvalue weighted by molar-refractivity contribution is 0.199. The fourth-order valence-electron chi connectivity index (χ4n) is 1.92. The van der Waals surface area contributed by atoms with E-state index in [1.807, 2.05) is 12.1 Å². The van der Waals surface area contributed by atoms with E-state index in [0.29, 0.717) is 6.04 Å². The van der Waals surface area contributed by atoms with Crippen molar-refractivity contribution in [1.29, 1.82) is 0 Å². The first-order chi connectivity index (χ1) is 7.97. The molecule has 0 bridgehead atoms. The van der Waals surface area contributed by atoms with E-state index in [4.69, 9.17) is 0 Å². The van der Waals surface area contributed by atoms with Crippen molar-refractivity contribution >= 4 is 21.6 Å². The second kappa shape index (κ2) is 6.41. The summed E-state index contributed by atoms with van der Waals surface area (Å²) in [6.07, 6.45) is 1.95. The molecule has 0 radical (unpaired) electrons. The van der Waals surface area contributed by atoms with Gasteiger partial charge in [0.15, 0.2) is 0 Å². The zero-order valence-corrected chi connectivity index (χ0v) is 12.7. The quantitative estimate of drug-likeness (QED) is 0.884. The van der Waals surface area contributed by atoms with Crippen LogP contribution in [0.3, 0.4) is 0 Å². The Morgan fingerprint density at radius 2 is 2.00 bits per heavy atom. The molecule has 0 amide bonds. The zero-order valence-electron chi connectivity index (χ0n) is 11.1. The molecule has 1 aromatic carbocycles. The van der Waals surface area contributed by atoms with Crippen LogP contribution in [0, 0.1) is 0 Å². The maximum atomic E-state index is 9.54. The van der Waals surface area contributed by atoms with Crippen molar-refractivity contribution < 1.29 is 5.11 Å². The van der Waals surface area contributed by atoms with E-state index < -0.39 is 6.10 Å². The van der Waals surface area contributed by atoms with Gasteiger partial charge in [0.25, 0.3) is 0 Å². The smallest absolute Gasteiger partial charge is 0.0762 e. The van der Waals surface area contributed by atoms with E-state index in [0.717, 1.165) is 10.0 Å². The highest BCUT2D eigenvalue weighted by Gasteiger charge is 2.13. The summed E-state index contributed by atoms with van der Waals surface area (Å²) in [6, 6.07) is 6.57. The Morgan fingerprint density at radius 1 is 1.35 bits per heavy atom. The Hall–Kier alpha value is -0.540. The average Bonchev–Trinajstić information content (AvgIpc) is 2.28. The van der Waals surface area contributed by atoms with Crippen LogP contribution in [0.1, 0.15) is 45.3 Å². The van der Waals surface area contributed by atoms with Crippen LogP contribution < -0.4 is 4.90 Å². The minimum absolute atomic E-state index is 0.418. The molecule has 96 valence electrons. The predicted octanol–water partition coefficient (Wildman–Crippen LogP) is 4.13. The Labute approximate surface area is 113 Å². The van der Waals surface area contributed by atoms with Crippen LogP contribution in [-0.4, -0.2) is 18.2 Å². The first kappa shape index (κ1) is 14.5. The molecule has 17 heavy (non-hydrogen) atoms. The van der Waals surface area contributed by atoms with Gasteiger partial charge in [0.1, 0.15) is 0 Å². The fraction of sp³-hybridized carbons (Fsp3) is 0.571. The van der Waals surface area contributed by atoms with Crippen LogP contribution >= 0.6 is 15.9 Å². The number of benzene rings is 1. The van der Waals surface area contributed by atoms with E-state index in [9.17, 15) is 5.11 Å². The molecule has 0 saturated carbocycles. The minimum Gasteiger partial charge on any atom is -0.389 e. The second-order valence-corrected chi connectivity index (χ2v) is 5.49. The molecular weight excluding hydrogens is 278 g/mol. The lowest BCUT2D eigenvalue weighted by Gasteiger charge is -2.28. The molecule has 1 aromatic rings. The molecule has 0 aliphatic rings. The van der Waals surface area contributed by atoms with E-state index in [2.05, 4.69) is 47.8 Å². The third kappa shape index (κ3) is 3.71. The summed E-state index contributed by atoms with van der Waals surface area (Å²) in [7, 11) is 2.11. The summed E-state index contributed by atoms with van der Waals surface area (Å²) < 4.78 is 1.04. The second-order valence-electron chi connectivity index (χ2n) is 4.64. The van der Waals surface area contributed by atoms with Crippen molar-refractivity contribution in [2.24, 2.45) is 0 Å². The number of hydrogen-bond acceptors (Lipinski definition) is 2. The summed E-state index contributed by atoms with van der Waals surface area (Å²) in [5, 5.41) is 9.54. The normalized spacial score (nSPS) is 14.5. The summed E-state index contributed by atoms with van der Waals surface area (Å²) in [6.45, 7) is 6.22. The van der Waals surface area contributed by atoms with Gasteiger partial charge in [-0.15, -0.1) is 0 Å². The number of aliphatic hydroxyl groups is 1. The Balaban J connectivity index is 2.91. The maximum Gasteiger partial charge on any atom is 0.0762 e. The van der Waals surface area contributed by atoms with Crippen LogP contribution in [0.2, 0.25) is 0 Å². The number of aliphatic hydroxyl groups excluding tert-OH is 1. The Kier molecular flexibility index (Phi) is 5.47. The average molecular weight is 300 g/mol. The molecule has 0 aliphatic heterocycles. The van der Waals surface area contributed by atoms with E-state index in [1.54, 1.807) is 6.92 Å². The summed E-state index contributed by atoms with van der Waals surface area (Å²) in [5.41, 5.74) is 2.12. The van der Waals surface area contributed by atoms with Crippen molar-refractivity contribution in [1.82, 2.24) is 0 Å². The van der Waals surface area contributed by atoms with Crippen molar-refractivity contribution in [2.75, 3.05) is 11.9 Å². The monoisotopic (exact) mass is 299 g/mol. The molecule has 0 heterocycles. The van der Waals surface area contributed by atoms with Gasteiger partial charge in [0.2, 0.25) is 0 Å². The van der Waals surface area contributed by atoms with Crippen LogP contribution in [0.25, 0.3) is 0 Å². The fourth-order valence-corrected chi connectivity index (χ4v) is 2.59. The molecular formula is C14H22BrNO. The molecule has 0 fully saturated rings. The molecule has 0 aromatic heterocycles. The Bertz CT molecular complexity index is 365. The minimum atomic E-state index is -0.418. The van der Waals surface area contributed by atoms with E-state index in [-0.39, 0.29) is 0 Å². The highest BCUT2D eigenvalue weighted by atomic mass is 79.9. The van der Waals surface area contributed by atoms with Crippen LogP contribution in [0.15, 0.2) is 22.7 Å². The van der Waals surface area contributed by atoms with Gasteiger partial charge in [-0.2, -0.15) is 0 Å². The van der Waals surface area contributed by atoms with Gasteiger partial charge in [-0.3, -0.25) is 0 Å². The topological polar surface area (TPSA) is 23.5 Å². The van der Waals surface area contributed by atoms with Crippen molar-refractivity contribution in [2.45, 2.75) is 45.8 Å². The van der Waals surface area contributed by atoms with Crippen molar-refractivity contribution in [3.63, 3.8) is 0 Å². The van der Waals surface area contributed by atoms with Gasteiger partial charge in [0.05, 0.1) is 11.8 Å². The molecule has 1 rings (SSSR count). The van der Waals surface area contributed by atoms with Crippen molar-refractivity contribution in [3.05, 3.63) is 28.2 Å². The first-order valence-electron chi connectivity index (χ1n) is 6.17. The van der Waals surface area contributed by atoms with Gasteiger partial charge in [-0.05, 0) is 53.9 Å². The highest BCUT2D eigenvalue weighted by Crippen LogP contribution is 2.30. The summed E-state index contributed by atoms with van der Waals surface area (Å²) in [5.74, 6) is 0. The van der Waals surface area contributed by atoms with Gasteiger partial charge in [0, 0.05) is 17.6 Å². The Morgan fingerprint density at radius 3 is 2.47 bits per heavy atom. The summed E-state index contributed by atoms with van der Waals surface area (Å²) in [4.78, 5) is 2.28. The largest absolute Gasteiger partial charge is 0.389 e. The molecule has 2 nitrogen and oxygen atoms in total. The lowest BCUT2D eigenvalue weighted by Crippen LogP contribution is -2.28. The van der Waals surface area contributed by atoms with E-state index >= 15 is 0 Å². The molecule has 1 N–H and O–H groups in total. The third-order valence-electron chi connectivity index (χ3n) is 3.20. The van der Waals surface area contributed by atoms with Gasteiger partial charge < -0.3 is 10.0 Å². The third-order valence-corrected chi connectivity index (χ3v) is 3.84. The summed E-state index contributed by atoms with van der Waals surface area (Å²) >= 11 is 3.58. The number of rotatable bonds is 5. The predicted molar refractivity (Wildman–Crippen MR) is 77.5 cm³/mol. The number of nitrogens with zero attached hydrogens (tertiary/aromatic N) is 1. The molecule has 3 heteroatoms. The standard InChI is InChI=1S/C14H22BrNO/c1-5-6-10(2)16(4)14-8-7-12(11(3)17)9-13(14)15/h7-11,17H,5-6H2,1-4H3/t10?,11-/m1/s1. The van der Waals surface area contributed by atoms with Crippen LogP contribution in [-0.2, 0) is 0 Å². The maximum absolute atomic E-state index is 9.54. The van der Waals surface area contributed by atoms with Gasteiger partial charge >= 0.3 is 0 Å². The number of halogens is 1. The lowest BCUT2D eigenvalue weighted by atomic mass is 10.1. The molecule has 0 saturated heterocycles. The number of anilines is 1. The van der Waals surface area contributed by atoms with Gasteiger partial charge in [-0.25, -0.2) is 0 Å². The molecule has 0 spiro atoms. The van der Waals surface area contributed by atoms with Crippen molar-refractivity contribution in [3.8, 4) is 0 Å². The molecule has 0 aliphatic carbocycles. The van der Waals surface area contributed by atoms with Crippen LogP contribution in [0.5, 0.6) is 0 Å². The SMILES string of the molecule is CCCC(C)N(C)c1ccc([C@@H](C)O)cc1Br. The zero-order chi connectivity index (χ0) is 13.0.